The molecule has 0 saturated heterocycles. The number of hydrogen-bond acceptors (Lipinski definition) is 7. The van der Waals surface area contributed by atoms with Crippen LogP contribution in [0, 0.1) is 12.8 Å². The maximum absolute atomic E-state index is 13.4. The van der Waals surface area contributed by atoms with E-state index in [1.807, 2.05) is 13.0 Å². The van der Waals surface area contributed by atoms with Gasteiger partial charge in [-0.2, -0.15) is 5.10 Å². The van der Waals surface area contributed by atoms with E-state index in [0.29, 0.717) is 25.9 Å². The molecular formula is C18H27F2N7O2. The molecule has 0 bridgehead atoms. The quantitative estimate of drug-likeness (QED) is 0.609. The third-order valence-electron chi connectivity index (χ3n) is 5.78. The third-order valence-corrected chi connectivity index (χ3v) is 5.78. The number of aliphatic hydroxyl groups excluding tert-OH is 1. The number of aliphatic imine (C=N–C) groups is 1. The Kier molecular flexibility index (Phi) is 5.30. The van der Waals surface area contributed by atoms with Gasteiger partial charge < -0.3 is 5.11 Å². The molecule has 4 rings (SSSR count). The van der Waals surface area contributed by atoms with Crippen LogP contribution in [0.2, 0.25) is 0 Å². The zero-order valence-corrected chi connectivity index (χ0v) is 16.6. The van der Waals surface area contributed by atoms with Crippen LogP contribution in [0.1, 0.15) is 31.4 Å². The van der Waals surface area contributed by atoms with E-state index in [4.69, 9.17) is 0 Å². The lowest BCUT2D eigenvalue weighted by atomic mass is 10.1. The number of halogens is 2. The lowest BCUT2D eigenvalue weighted by molar-refractivity contribution is -0.121. The fraction of sp³-hybridized carbons (Fsp3) is 0.722. The number of hydrogen-bond donors (Lipinski definition) is 3. The molecule has 3 heterocycles. The van der Waals surface area contributed by atoms with Gasteiger partial charge in [-0.25, -0.2) is 23.9 Å². The van der Waals surface area contributed by atoms with Gasteiger partial charge in [-0.1, -0.05) is 0 Å². The largest absolute Gasteiger partial charge is 0.375 e. The van der Waals surface area contributed by atoms with Crippen LogP contribution in [0.25, 0.3) is 0 Å². The highest BCUT2D eigenvalue weighted by molar-refractivity contribution is 5.96. The number of carbonyl (C=O) groups excluding carboxylic acids is 1. The monoisotopic (exact) mass is 411 g/mol. The molecular weight excluding hydrogens is 384 g/mol. The number of aromatic nitrogens is 2. The highest BCUT2D eigenvalue weighted by Gasteiger charge is 2.40. The molecule has 1 fully saturated rings. The van der Waals surface area contributed by atoms with Crippen molar-refractivity contribution in [1.29, 1.82) is 0 Å². The summed E-state index contributed by atoms with van der Waals surface area (Å²) in [6, 6.07) is 1.26. The van der Waals surface area contributed by atoms with Crippen LogP contribution in [-0.2, 0) is 11.3 Å². The number of nitrogens with one attached hydrogen (secondary N) is 2. The lowest BCUT2D eigenvalue weighted by Gasteiger charge is -2.27. The molecule has 11 heteroatoms. The lowest BCUT2D eigenvalue weighted by Crippen LogP contribution is -2.55. The molecule has 1 saturated carbocycles. The van der Waals surface area contributed by atoms with Crippen LogP contribution >= 0.6 is 0 Å². The van der Waals surface area contributed by atoms with Gasteiger partial charge in [0.1, 0.15) is 18.4 Å². The van der Waals surface area contributed by atoms with Gasteiger partial charge in [0.15, 0.2) is 6.17 Å². The summed E-state index contributed by atoms with van der Waals surface area (Å²) >= 11 is 0. The molecule has 1 aromatic heterocycles. The van der Waals surface area contributed by atoms with Gasteiger partial charge in [0.25, 0.3) is 0 Å². The Bertz CT molecular complexity index is 799. The van der Waals surface area contributed by atoms with E-state index in [-0.39, 0.29) is 24.7 Å². The molecule has 0 radical (unpaired) electrons. The van der Waals surface area contributed by atoms with E-state index in [9.17, 15) is 18.7 Å². The second kappa shape index (κ2) is 7.62. The Balaban J connectivity index is 1.31. The summed E-state index contributed by atoms with van der Waals surface area (Å²) in [4.78, 5) is 18.5. The van der Waals surface area contributed by atoms with Crippen LogP contribution < -0.4 is 15.6 Å². The maximum atomic E-state index is 13.4. The molecule has 3 N–H and O–H groups in total. The van der Waals surface area contributed by atoms with E-state index in [1.165, 1.54) is 11.2 Å². The average Bonchev–Trinajstić information content (AvgIpc) is 3.34. The van der Waals surface area contributed by atoms with Gasteiger partial charge in [0.2, 0.25) is 11.8 Å². The Labute approximate surface area is 167 Å². The van der Waals surface area contributed by atoms with Crippen molar-refractivity contribution in [3.63, 3.8) is 0 Å². The summed E-state index contributed by atoms with van der Waals surface area (Å²) in [6.07, 6.45) is 0.485. The van der Waals surface area contributed by atoms with Crippen molar-refractivity contribution in [3.8, 4) is 0 Å². The Morgan fingerprint density at radius 3 is 2.97 bits per heavy atom. The second-order valence-electron chi connectivity index (χ2n) is 8.17. The smallest absolute Gasteiger partial charge is 0.248 e. The molecule has 29 heavy (non-hydrogen) atoms. The maximum Gasteiger partial charge on any atom is 0.248 e. The van der Waals surface area contributed by atoms with Gasteiger partial charge in [-0.15, -0.1) is 0 Å². The number of alkyl halides is 2. The molecule has 3 aliphatic rings. The van der Waals surface area contributed by atoms with E-state index in [1.54, 1.807) is 16.7 Å². The van der Waals surface area contributed by atoms with Gasteiger partial charge >= 0.3 is 0 Å². The highest BCUT2D eigenvalue weighted by Crippen LogP contribution is 2.39. The number of anilines is 1. The number of fused-ring (bicyclic) bond motifs is 1. The number of likely N-dealkylation sites (N-methyl/N-ethyl adjacent to an activating group) is 1. The number of amides is 1. The summed E-state index contributed by atoms with van der Waals surface area (Å²) < 4.78 is 28.5. The minimum absolute atomic E-state index is 0.0788. The zero-order valence-electron chi connectivity index (χ0n) is 16.6. The van der Waals surface area contributed by atoms with E-state index in [2.05, 4.69) is 20.8 Å². The molecule has 1 aliphatic carbocycles. The standard InChI is InChI=1S/C18H27F2N7O2/c1-11-7-14-25(2)17(29)13(4-6-27(14)23-11)22-16(28)15-21-10-26(24-15)9-12-3-5-18(19,20)8-12/h7,10,12-13,15-16,22,24,28H,3-6,8-9H2,1-2H3/t12?,13-,15?,16?/m0/s1. The molecule has 4 atom stereocenters. The summed E-state index contributed by atoms with van der Waals surface area (Å²) in [7, 11) is 1.69. The van der Waals surface area contributed by atoms with Crippen LogP contribution in [-0.4, -0.2) is 70.1 Å². The highest BCUT2D eigenvalue weighted by atomic mass is 19.3. The zero-order chi connectivity index (χ0) is 20.8. The van der Waals surface area contributed by atoms with E-state index >= 15 is 0 Å². The van der Waals surface area contributed by atoms with Gasteiger partial charge in [-0.3, -0.25) is 20.0 Å². The number of aliphatic hydroxyl groups is 1. The van der Waals surface area contributed by atoms with Crippen molar-refractivity contribution >= 4 is 18.1 Å². The van der Waals surface area contributed by atoms with Crippen molar-refractivity contribution < 1.29 is 18.7 Å². The Morgan fingerprint density at radius 2 is 2.24 bits per heavy atom. The summed E-state index contributed by atoms with van der Waals surface area (Å²) in [5, 5.41) is 19.5. The van der Waals surface area contributed by atoms with E-state index < -0.39 is 24.4 Å². The summed E-state index contributed by atoms with van der Waals surface area (Å²) in [5.41, 5.74) is 3.85. The third kappa shape index (κ3) is 4.26. The number of rotatable bonds is 5. The molecule has 3 unspecified atom stereocenters. The van der Waals surface area contributed by atoms with Crippen molar-refractivity contribution in [1.82, 2.24) is 25.5 Å². The fourth-order valence-electron chi connectivity index (χ4n) is 4.26. The minimum Gasteiger partial charge on any atom is -0.375 e. The normalized spacial score (nSPS) is 30.0. The van der Waals surface area contributed by atoms with Crippen LogP contribution in [0.5, 0.6) is 0 Å². The molecule has 9 nitrogen and oxygen atoms in total. The first-order valence-electron chi connectivity index (χ1n) is 9.92. The van der Waals surface area contributed by atoms with Crippen molar-refractivity contribution in [2.75, 3.05) is 18.5 Å². The first-order chi connectivity index (χ1) is 13.7. The van der Waals surface area contributed by atoms with Crippen LogP contribution in [0.15, 0.2) is 11.1 Å². The van der Waals surface area contributed by atoms with Crippen LogP contribution in [0.3, 0.4) is 0 Å². The molecule has 160 valence electrons. The number of nitrogens with zero attached hydrogens (tertiary/aromatic N) is 5. The first-order valence-corrected chi connectivity index (χ1v) is 9.92. The number of carbonyl (C=O) groups is 1. The summed E-state index contributed by atoms with van der Waals surface area (Å²) in [5.74, 6) is -2.13. The fourth-order valence-corrected chi connectivity index (χ4v) is 4.26. The number of hydrazine groups is 1. The van der Waals surface area contributed by atoms with Gasteiger partial charge in [0.05, 0.1) is 11.7 Å². The molecule has 1 aromatic rings. The predicted octanol–water partition coefficient (Wildman–Crippen LogP) is 0.445. The van der Waals surface area contributed by atoms with Crippen molar-refractivity contribution in [2.45, 2.75) is 63.5 Å². The minimum atomic E-state index is -2.58. The molecule has 2 aliphatic heterocycles. The van der Waals surface area contributed by atoms with Gasteiger partial charge in [-0.05, 0) is 25.7 Å². The van der Waals surface area contributed by atoms with Gasteiger partial charge in [0, 0.05) is 39.0 Å². The molecule has 0 aromatic carbocycles. The predicted molar refractivity (Wildman–Crippen MR) is 102 cm³/mol. The van der Waals surface area contributed by atoms with E-state index in [0.717, 1.165) is 11.5 Å². The average molecular weight is 411 g/mol. The SMILES string of the molecule is Cc1cc2n(n1)CC[C@H](NC(O)C1N=CN(CC3CCC(F)(F)C3)N1)C(=O)N2C. The summed E-state index contributed by atoms with van der Waals surface area (Å²) in [6.45, 7) is 2.84. The van der Waals surface area contributed by atoms with Crippen molar-refractivity contribution in [3.05, 3.63) is 11.8 Å². The number of aryl methyl sites for hydroxylation is 2. The Morgan fingerprint density at radius 1 is 1.45 bits per heavy atom. The topological polar surface area (TPSA) is 98.0 Å². The van der Waals surface area contributed by atoms with Crippen LogP contribution in [0.4, 0.5) is 14.6 Å². The first kappa shape index (κ1) is 20.2. The molecule has 1 amide bonds. The van der Waals surface area contributed by atoms with Crippen molar-refractivity contribution in [2.24, 2.45) is 10.9 Å². The Hall–Kier alpha value is -2.11. The second-order valence-corrected chi connectivity index (χ2v) is 8.17. The molecule has 0 spiro atoms.